The summed E-state index contributed by atoms with van der Waals surface area (Å²) in [4.78, 5) is 11.8. The van der Waals surface area contributed by atoms with Gasteiger partial charge in [-0.3, -0.25) is 4.79 Å². The Hall–Kier alpha value is -1.80. The summed E-state index contributed by atoms with van der Waals surface area (Å²) in [6.07, 6.45) is 0.646. The lowest BCUT2D eigenvalue weighted by Gasteiger charge is -2.13. The molecule has 3 heteroatoms. The van der Waals surface area contributed by atoms with E-state index in [4.69, 9.17) is 11.6 Å². The number of aryl methyl sites for hydroxylation is 1. The molecule has 0 saturated heterocycles. The fraction of sp³-hybridized carbons (Fsp3) is 0.235. The van der Waals surface area contributed by atoms with Crippen LogP contribution in [0.15, 0.2) is 48.5 Å². The van der Waals surface area contributed by atoms with Crippen LogP contribution in [0.5, 0.6) is 0 Å². The number of rotatable bonds is 3. The molecule has 2 aromatic rings. The van der Waals surface area contributed by atoms with Gasteiger partial charge in [0.05, 0.1) is 0 Å². The molecule has 2 aromatic carbocycles. The molecule has 1 fully saturated rings. The van der Waals surface area contributed by atoms with Crippen LogP contribution in [0.3, 0.4) is 0 Å². The van der Waals surface area contributed by atoms with E-state index in [9.17, 15) is 9.90 Å². The van der Waals surface area contributed by atoms with E-state index in [2.05, 4.69) is 0 Å². The van der Waals surface area contributed by atoms with Crippen LogP contribution in [0.4, 0.5) is 0 Å². The molecule has 0 amide bonds. The minimum atomic E-state index is -0.792. The standard InChI is InChI=1S/C17H15ClO2/c1-11-2-4-12(5-3-11)15-10-17(15,16(19)20)13-6-8-14(18)9-7-13/h2-9,15H,10H2,1H3,(H,19,20)/t15-,17+/m1/s1. The van der Waals surface area contributed by atoms with Gasteiger partial charge in [-0.25, -0.2) is 0 Å². The van der Waals surface area contributed by atoms with E-state index in [0.29, 0.717) is 11.4 Å². The Balaban J connectivity index is 1.98. The van der Waals surface area contributed by atoms with Crippen LogP contribution in [0.25, 0.3) is 0 Å². The highest BCUT2D eigenvalue weighted by atomic mass is 35.5. The first kappa shape index (κ1) is 13.2. The van der Waals surface area contributed by atoms with Crippen molar-refractivity contribution in [1.82, 2.24) is 0 Å². The first-order valence-corrected chi connectivity index (χ1v) is 6.98. The van der Waals surface area contributed by atoms with Gasteiger partial charge in [-0.05, 0) is 36.6 Å². The fourth-order valence-corrected chi connectivity index (χ4v) is 3.02. The van der Waals surface area contributed by atoms with Gasteiger partial charge in [0, 0.05) is 10.9 Å². The van der Waals surface area contributed by atoms with Crippen molar-refractivity contribution < 1.29 is 9.90 Å². The van der Waals surface area contributed by atoms with E-state index in [1.807, 2.05) is 43.3 Å². The number of hydrogen-bond donors (Lipinski definition) is 1. The molecule has 1 aliphatic rings. The van der Waals surface area contributed by atoms with Gasteiger partial charge in [0.1, 0.15) is 5.41 Å². The van der Waals surface area contributed by atoms with Crippen LogP contribution in [0, 0.1) is 6.92 Å². The van der Waals surface area contributed by atoms with Crippen LogP contribution >= 0.6 is 11.6 Å². The molecule has 2 nitrogen and oxygen atoms in total. The summed E-state index contributed by atoms with van der Waals surface area (Å²) in [5.41, 5.74) is 2.31. The van der Waals surface area contributed by atoms with Gasteiger partial charge in [-0.1, -0.05) is 53.6 Å². The number of hydrogen-bond acceptors (Lipinski definition) is 1. The first-order valence-electron chi connectivity index (χ1n) is 6.60. The maximum absolute atomic E-state index is 11.8. The average Bonchev–Trinajstić information content (AvgIpc) is 3.17. The second kappa shape index (κ2) is 4.64. The minimum absolute atomic E-state index is 0.0433. The highest BCUT2D eigenvalue weighted by molar-refractivity contribution is 6.30. The van der Waals surface area contributed by atoms with Gasteiger partial charge in [0.2, 0.25) is 0 Å². The number of benzene rings is 2. The van der Waals surface area contributed by atoms with Crippen LogP contribution in [0.1, 0.15) is 29.0 Å². The number of carboxylic acid groups (broad SMARTS) is 1. The number of carboxylic acids is 1. The van der Waals surface area contributed by atoms with Crippen LogP contribution in [-0.2, 0) is 10.2 Å². The summed E-state index contributed by atoms with van der Waals surface area (Å²) in [5.74, 6) is -0.716. The first-order chi connectivity index (χ1) is 9.54. The molecular weight excluding hydrogens is 272 g/mol. The van der Waals surface area contributed by atoms with Crippen molar-refractivity contribution in [3.63, 3.8) is 0 Å². The molecular formula is C17H15ClO2. The van der Waals surface area contributed by atoms with Crippen molar-refractivity contribution in [1.29, 1.82) is 0 Å². The van der Waals surface area contributed by atoms with E-state index >= 15 is 0 Å². The predicted molar refractivity (Wildman–Crippen MR) is 79.3 cm³/mol. The Morgan fingerprint density at radius 3 is 2.30 bits per heavy atom. The Morgan fingerprint density at radius 2 is 1.75 bits per heavy atom. The third-order valence-electron chi connectivity index (χ3n) is 4.18. The predicted octanol–water partition coefficient (Wildman–Crippen LogP) is 4.16. The second-order valence-electron chi connectivity index (χ2n) is 5.45. The minimum Gasteiger partial charge on any atom is -0.481 e. The van der Waals surface area contributed by atoms with Crippen LogP contribution in [0.2, 0.25) is 5.02 Å². The smallest absolute Gasteiger partial charge is 0.314 e. The quantitative estimate of drug-likeness (QED) is 0.920. The van der Waals surface area contributed by atoms with Crippen molar-refractivity contribution in [2.75, 3.05) is 0 Å². The van der Waals surface area contributed by atoms with Crippen LogP contribution < -0.4 is 0 Å². The molecule has 2 atom stereocenters. The van der Waals surface area contributed by atoms with Gasteiger partial charge in [0.15, 0.2) is 0 Å². The Morgan fingerprint density at radius 1 is 1.15 bits per heavy atom. The third kappa shape index (κ3) is 2.01. The van der Waals surface area contributed by atoms with Crippen molar-refractivity contribution in [3.05, 3.63) is 70.2 Å². The summed E-state index contributed by atoms with van der Waals surface area (Å²) in [7, 11) is 0. The topological polar surface area (TPSA) is 37.3 Å². The highest BCUT2D eigenvalue weighted by Crippen LogP contribution is 2.60. The number of halogens is 1. The van der Waals surface area contributed by atoms with E-state index in [-0.39, 0.29) is 5.92 Å². The van der Waals surface area contributed by atoms with Crippen LogP contribution in [-0.4, -0.2) is 11.1 Å². The van der Waals surface area contributed by atoms with Crippen molar-refractivity contribution in [2.45, 2.75) is 24.7 Å². The summed E-state index contributed by atoms with van der Waals surface area (Å²) in [5, 5.41) is 10.3. The van der Waals surface area contributed by atoms with Gasteiger partial charge in [-0.2, -0.15) is 0 Å². The normalized spacial score (nSPS) is 24.4. The molecule has 0 radical (unpaired) electrons. The van der Waals surface area contributed by atoms with Gasteiger partial charge < -0.3 is 5.11 Å². The van der Waals surface area contributed by atoms with E-state index in [1.165, 1.54) is 5.56 Å². The number of carbonyl (C=O) groups is 1. The molecule has 0 aliphatic heterocycles. The zero-order valence-corrected chi connectivity index (χ0v) is 11.9. The summed E-state index contributed by atoms with van der Waals surface area (Å²) < 4.78 is 0. The Bertz CT molecular complexity index is 646. The molecule has 0 unspecified atom stereocenters. The maximum Gasteiger partial charge on any atom is 0.314 e. The summed E-state index contributed by atoms with van der Waals surface area (Å²) in [6.45, 7) is 2.03. The molecule has 0 aromatic heterocycles. The molecule has 1 N–H and O–H groups in total. The van der Waals surface area contributed by atoms with E-state index < -0.39 is 11.4 Å². The van der Waals surface area contributed by atoms with Crippen molar-refractivity contribution in [2.24, 2.45) is 0 Å². The third-order valence-corrected chi connectivity index (χ3v) is 4.43. The lowest BCUT2D eigenvalue weighted by Crippen LogP contribution is -2.22. The molecule has 0 heterocycles. The lowest BCUT2D eigenvalue weighted by atomic mass is 9.90. The molecule has 0 spiro atoms. The largest absolute Gasteiger partial charge is 0.481 e. The van der Waals surface area contributed by atoms with E-state index in [1.54, 1.807) is 12.1 Å². The van der Waals surface area contributed by atoms with E-state index in [0.717, 1.165) is 11.1 Å². The molecule has 1 aliphatic carbocycles. The van der Waals surface area contributed by atoms with Gasteiger partial charge >= 0.3 is 5.97 Å². The SMILES string of the molecule is Cc1ccc([C@H]2C[C@]2(C(=O)O)c2ccc(Cl)cc2)cc1. The average molecular weight is 287 g/mol. The monoisotopic (exact) mass is 286 g/mol. The van der Waals surface area contributed by atoms with Crippen molar-refractivity contribution in [3.8, 4) is 0 Å². The molecule has 3 rings (SSSR count). The summed E-state index contributed by atoms with van der Waals surface area (Å²) >= 11 is 5.89. The van der Waals surface area contributed by atoms with Gasteiger partial charge in [0.25, 0.3) is 0 Å². The summed E-state index contributed by atoms with van der Waals surface area (Å²) in [6, 6.07) is 15.3. The van der Waals surface area contributed by atoms with Gasteiger partial charge in [-0.15, -0.1) is 0 Å². The zero-order chi connectivity index (χ0) is 14.3. The Kier molecular flexibility index (Phi) is 3.06. The molecule has 20 heavy (non-hydrogen) atoms. The zero-order valence-electron chi connectivity index (χ0n) is 11.1. The molecule has 0 bridgehead atoms. The second-order valence-corrected chi connectivity index (χ2v) is 5.89. The van der Waals surface area contributed by atoms with Crippen molar-refractivity contribution >= 4 is 17.6 Å². The maximum atomic E-state index is 11.8. The Labute approximate surface area is 123 Å². The molecule has 102 valence electrons. The highest BCUT2D eigenvalue weighted by Gasteiger charge is 2.62. The number of aliphatic carboxylic acids is 1. The fourth-order valence-electron chi connectivity index (χ4n) is 2.89. The molecule has 1 saturated carbocycles. The lowest BCUT2D eigenvalue weighted by molar-refractivity contribution is -0.140.